The molecule has 0 aromatic heterocycles. The number of rotatable bonds is 4. The highest BCUT2D eigenvalue weighted by atomic mass is 35.5. The van der Waals surface area contributed by atoms with Gasteiger partial charge in [-0.3, -0.25) is 10.1 Å². The summed E-state index contributed by atoms with van der Waals surface area (Å²) in [5.74, 6) is 0.00332. The largest absolute Gasteiger partial charge is 0.272 e. The number of hydrogen-bond acceptors (Lipinski definition) is 2. The Balaban J connectivity index is 2.49. The molecule has 22 heavy (non-hydrogen) atoms. The van der Waals surface area contributed by atoms with Gasteiger partial charge in [-0.1, -0.05) is 49.2 Å². The van der Waals surface area contributed by atoms with Crippen LogP contribution >= 0.6 is 23.2 Å². The van der Waals surface area contributed by atoms with Crippen LogP contribution in [0.2, 0.25) is 10.0 Å². The van der Waals surface area contributed by atoms with Crippen LogP contribution in [0.15, 0.2) is 30.3 Å². The molecule has 0 fully saturated rings. The molecule has 0 N–H and O–H groups in total. The summed E-state index contributed by atoms with van der Waals surface area (Å²) >= 11 is 12.2. The van der Waals surface area contributed by atoms with Crippen LogP contribution < -0.4 is 0 Å². The minimum atomic E-state index is -0.576. The lowest BCUT2D eigenvalue weighted by atomic mass is 9.98. The summed E-state index contributed by atoms with van der Waals surface area (Å²) in [6, 6.07) is 7.19. The first kappa shape index (κ1) is 16.7. The maximum absolute atomic E-state index is 14.2. The summed E-state index contributed by atoms with van der Waals surface area (Å²) in [5, 5.41) is 11.0. The van der Waals surface area contributed by atoms with E-state index >= 15 is 0 Å². The summed E-state index contributed by atoms with van der Waals surface area (Å²) in [4.78, 5) is 10.2. The van der Waals surface area contributed by atoms with Gasteiger partial charge in [-0.2, -0.15) is 0 Å². The molecule has 0 heterocycles. The van der Waals surface area contributed by atoms with Crippen LogP contribution in [-0.4, -0.2) is 4.92 Å². The topological polar surface area (TPSA) is 43.1 Å². The van der Waals surface area contributed by atoms with E-state index < -0.39 is 4.92 Å². The maximum Gasteiger partial charge on any atom is 0.272 e. The van der Waals surface area contributed by atoms with Crippen LogP contribution in [0, 0.1) is 21.8 Å². The zero-order valence-electron chi connectivity index (χ0n) is 12.1. The van der Waals surface area contributed by atoms with Gasteiger partial charge in [0.15, 0.2) is 0 Å². The van der Waals surface area contributed by atoms with E-state index in [1.807, 2.05) is 13.8 Å². The Labute approximate surface area is 137 Å². The standard InChI is InChI=1S/C16H14Cl2FNO2/c1-9(2)5-10-3-4-11(6-15(10)19)16-13(17)7-12(20(21)22)8-14(16)18/h3-4,6-9H,5H2,1-2H3. The minimum Gasteiger partial charge on any atom is -0.258 e. The molecule has 0 saturated heterocycles. The third-order valence-corrected chi connectivity index (χ3v) is 3.80. The Morgan fingerprint density at radius 3 is 2.23 bits per heavy atom. The van der Waals surface area contributed by atoms with Gasteiger partial charge in [0, 0.05) is 17.7 Å². The highest BCUT2D eigenvalue weighted by Crippen LogP contribution is 2.38. The average molecular weight is 342 g/mol. The van der Waals surface area contributed by atoms with Crippen LogP contribution in [0.1, 0.15) is 19.4 Å². The first-order chi connectivity index (χ1) is 10.3. The lowest BCUT2D eigenvalue weighted by Crippen LogP contribution is -1.98. The van der Waals surface area contributed by atoms with Gasteiger partial charge in [0.2, 0.25) is 0 Å². The first-order valence-corrected chi connectivity index (χ1v) is 7.47. The second kappa shape index (κ2) is 6.63. The van der Waals surface area contributed by atoms with Crippen LogP contribution in [-0.2, 0) is 6.42 Å². The zero-order chi connectivity index (χ0) is 16.4. The molecule has 0 unspecified atom stereocenters. The molecule has 0 saturated carbocycles. The smallest absolute Gasteiger partial charge is 0.258 e. The predicted molar refractivity (Wildman–Crippen MR) is 87.1 cm³/mol. The van der Waals surface area contributed by atoms with Crippen molar-refractivity contribution in [3.63, 3.8) is 0 Å². The first-order valence-electron chi connectivity index (χ1n) is 6.71. The quantitative estimate of drug-likeness (QED) is 0.512. The Kier molecular flexibility index (Phi) is 5.04. The predicted octanol–water partition coefficient (Wildman–Crippen LogP) is 5.91. The van der Waals surface area contributed by atoms with Crippen molar-refractivity contribution in [1.29, 1.82) is 0 Å². The molecule has 0 aliphatic rings. The summed E-state index contributed by atoms with van der Waals surface area (Å²) < 4.78 is 14.2. The molecule has 0 aliphatic heterocycles. The van der Waals surface area contributed by atoms with E-state index in [-0.39, 0.29) is 21.5 Å². The molecule has 0 bridgehead atoms. The van der Waals surface area contributed by atoms with E-state index in [4.69, 9.17) is 23.2 Å². The molecule has 0 aliphatic carbocycles. The molecule has 116 valence electrons. The maximum atomic E-state index is 14.2. The fourth-order valence-electron chi connectivity index (χ4n) is 2.25. The van der Waals surface area contributed by atoms with Crippen molar-refractivity contribution < 1.29 is 9.31 Å². The second-order valence-corrected chi connectivity index (χ2v) is 6.26. The number of hydrogen-bond donors (Lipinski definition) is 0. The molecule has 0 atom stereocenters. The highest BCUT2D eigenvalue weighted by Gasteiger charge is 2.17. The van der Waals surface area contributed by atoms with Gasteiger partial charge in [-0.05, 0) is 29.5 Å². The minimum absolute atomic E-state index is 0.121. The van der Waals surface area contributed by atoms with Gasteiger partial charge >= 0.3 is 0 Å². The molecule has 2 aromatic carbocycles. The Morgan fingerprint density at radius 2 is 1.77 bits per heavy atom. The number of nitro groups is 1. The lowest BCUT2D eigenvalue weighted by molar-refractivity contribution is -0.384. The molecule has 3 nitrogen and oxygen atoms in total. The number of nitrogens with zero attached hydrogens (tertiary/aromatic N) is 1. The van der Waals surface area contributed by atoms with E-state index in [0.29, 0.717) is 29.0 Å². The molecule has 2 rings (SSSR count). The van der Waals surface area contributed by atoms with Gasteiger partial charge in [-0.25, -0.2) is 4.39 Å². The SMILES string of the molecule is CC(C)Cc1ccc(-c2c(Cl)cc([N+](=O)[O-])cc2Cl)cc1F. The lowest BCUT2D eigenvalue weighted by Gasteiger charge is -2.11. The van der Waals surface area contributed by atoms with Gasteiger partial charge in [0.05, 0.1) is 15.0 Å². The van der Waals surface area contributed by atoms with Crippen molar-refractivity contribution in [2.24, 2.45) is 5.92 Å². The van der Waals surface area contributed by atoms with Gasteiger partial charge in [0.1, 0.15) is 5.82 Å². The Morgan fingerprint density at radius 1 is 1.18 bits per heavy atom. The zero-order valence-corrected chi connectivity index (χ0v) is 13.6. The van der Waals surface area contributed by atoms with E-state index in [2.05, 4.69) is 0 Å². The molecule has 0 spiro atoms. The number of halogens is 3. The normalized spacial score (nSPS) is 11.0. The van der Waals surface area contributed by atoms with Gasteiger partial charge in [-0.15, -0.1) is 0 Å². The van der Waals surface area contributed by atoms with Gasteiger partial charge in [0.25, 0.3) is 5.69 Å². The fraction of sp³-hybridized carbons (Fsp3) is 0.250. The van der Waals surface area contributed by atoms with Crippen molar-refractivity contribution in [2.45, 2.75) is 20.3 Å². The van der Waals surface area contributed by atoms with Crippen molar-refractivity contribution in [1.82, 2.24) is 0 Å². The fourth-order valence-corrected chi connectivity index (χ4v) is 2.94. The molecular weight excluding hydrogens is 328 g/mol. The highest BCUT2D eigenvalue weighted by molar-refractivity contribution is 6.39. The van der Waals surface area contributed by atoms with Crippen molar-refractivity contribution in [2.75, 3.05) is 0 Å². The Hall–Kier alpha value is -1.65. The summed E-state index contributed by atoms with van der Waals surface area (Å²) in [6.45, 7) is 4.02. The molecule has 6 heteroatoms. The third-order valence-electron chi connectivity index (χ3n) is 3.21. The molecular formula is C16H14Cl2FNO2. The van der Waals surface area contributed by atoms with E-state index in [1.165, 1.54) is 18.2 Å². The summed E-state index contributed by atoms with van der Waals surface area (Å²) in [7, 11) is 0. The molecule has 2 aromatic rings. The number of benzene rings is 2. The van der Waals surface area contributed by atoms with E-state index in [1.54, 1.807) is 12.1 Å². The monoisotopic (exact) mass is 341 g/mol. The summed E-state index contributed by atoms with van der Waals surface area (Å²) in [6.07, 6.45) is 0.633. The average Bonchev–Trinajstić information content (AvgIpc) is 2.40. The van der Waals surface area contributed by atoms with Crippen LogP contribution in [0.5, 0.6) is 0 Å². The van der Waals surface area contributed by atoms with Crippen LogP contribution in [0.3, 0.4) is 0 Å². The number of non-ortho nitro benzene ring substituents is 1. The third kappa shape index (κ3) is 3.57. The van der Waals surface area contributed by atoms with Crippen molar-refractivity contribution in [3.05, 3.63) is 61.9 Å². The van der Waals surface area contributed by atoms with Gasteiger partial charge < -0.3 is 0 Å². The second-order valence-electron chi connectivity index (χ2n) is 5.45. The Bertz CT molecular complexity index is 709. The van der Waals surface area contributed by atoms with Crippen molar-refractivity contribution in [3.8, 4) is 11.1 Å². The van der Waals surface area contributed by atoms with Crippen molar-refractivity contribution >= 4 is 28.9 Å². The van der Waals surface area contributed by atoms with E-state index in [9.17, 15) is 14.5 Å². The van der Waals surface area contributed by atoms with Crippen LogP contribution in [0.4, 0.5) is 10.1 Å². The number of nitro benzene ring substituents is 1. The summed E-state index contributed by atoms with van der Waals surface area (Å²) in [5.41, 5.74) is 1.31. The van der Waals surface area contributed by atoms with Crippen LogP contribution in [0.25, 0.3) is 11.1 Å². The van der Waals surface area contributed by atoms with E-state index in [0.717, 1.165) is 0 Å². The molecule has 0 amide bonds. The molecule has 0 radical (unpaired) electrons.